The molecule has 0 fully saturated rings. The molecule has 1 aliphatic rings. The fourth-order valence-corrected chi connectivity index (χ4v) is 4.80. The van der Waals surface area contributed by atoms with E-state index >= 15 is 0 Å². The van der Waals surface area contributed by atoms with Crippen LogP contribution in [-0.2, 0) is 32.6 Å². The van der Waals surface area contributed by atoms with Crippen LogP contribution in [0, 0.1) is 5.82 Å². The van der Waals surface area contributed by atoms with Gasteiger partial charge in [-0.05, 0) is 53.4 Å². The van der Waals surface area contributed by atoms with Crippen molar-refractivity contribution in [1.82, 2.24) is 10.0 Å². The molecular formula is C24H22FN3O4S. The van der Waals surface area contributed by atoms with Gasteiger partial charge in [0.1, 0.15) is 11.9 Å². The van der Waals surface area contributed by atoms with Gasteiger partial charge in [0, 0.05) is 18.7 Å². The molecule has 1 unspecified atom stereocenters. The summed E-state index contributed by atoms with van der Waals surface area (Å²) in [6.45, 7) is 0.114. The number of carbonyl (C=O) groups is 2. The van der Waals surface area contributed by atoms with Gasteiger partial charge in [-0.3, -0.25) is 9.59 Å². The molecule has 7 nitrogen and oxygen atoms in total. The highest BCUT2D eigenvalue weighted by Crippen LogP contribution is 2.26. The molecule has 33 heavy (non-hydrogen) atoms. The maximum absolute atomic E-state index is 13.2. The van der Waals surface area contributed by atoms with E-state index in [0.717, 1.165) is 5.56 Å². The Morgan fingerprint density at radius 3 is 2.45 bits per heavy atom. The molecule has 0 aliphatic carbocycles. The molecule has 3 aromatic carbocycles. The van der Waals surface area contributed by atoms with Crippen molar-refractivity contribution in [1.29, 1.82) is 0 Å². The van der Waals surface area contributed by atoms with Crippen molar-refractivity contribution in [3.05, 3.63) is 95.3 Å². The summed E-state index contributed by atoms with van der Waals surface area (Å²) in [7, 11) is -4.06. The molecule has 9 heteroatoms. The first-order valence-corrected chi connectivity index (χ1v) is 11.8. The van der Waals surface area contributed by atoms with Gasteiger partial charge in [-0.15, -0.1) is 0 Å². The maximum atomic E-state index is 13.2. The second-order valence-electron chi connectivity index (χ2n) is 7.68. The van der Waals surface area contributed by atoms with Gasteiger partial charge < -0.3 is 10.6 Å². The number of aryl methyl sites for hydroxylation is 1. The highest BCUT2D eigenvalue weighted by molar-refractivity contribution is 7.89. The Morgan fingerprint density at radius 1 is 1.00 bits per heavy atom. The Labute approximate surface area is 191 Å². The van der Waals surface area contributed by atoms with E-state index in [9.17, 15) is 22.4 Å². The lowest BCUT2D eigenvalue weighted by Crippen LogP contribution is -2.40. The second kappa shape index (κ2) is 9.51. The zero-order valence-corrected chi connectivity index (χ0v) is 18.4. The van der Waals surface area contributed by atoms with Gasteiger partial charge in [0.2, 0.25) is 21.8 Å². The molecule has 0 saturated carbocycles. The SMILES string of the molecule is O=C1CCc2cc(S(=O)(=O)NC(C(=O)NCc3ccc(F)cc3)c3ccccc3)ccc2N1. The molecular weight excluding hydrogens is 445 g/mol. The molecule has 0 aromatic heterocycles. The molecule has 170 valence electrons. The lowest BCUT2D eigenvalue weighted by atomic mass is 10.0. The minimum atomic E-state index is -4.06. The van der Waals surface area contributed by atoms with Gasteiger partial charge in [-0.1, -0.05) is 42.5 Å². The molecule has 3 N–H and O–H groups in total. The second-order valence-corrected chi connectivity index (χ2v) is 9.39. The molecule has 0 radical (unpaired) electrons. The molecule has 1 atom stereocenters. The van der Waals surface area contributed by atoms with Gasteiger partial charge in [0.15, 0.2) is 0 Å². The Bertz CT molecular complexity index is 1280. The van der Waals surface area contributed by atoms with Crippen LogP contribution in [0.4, 0.5) is 10.1 Å². The molecule has 3 aromatic rings. The first kappa shape index (κ1) is 22.6. The van der Waals surface area contributed by atoms with E-state index < -0.39 is 22.0 Å². The number of amides is 2. The molecule has 2 amide bonds. The number of fused-ring (bicyclic) bond motifs is 1. The zero-order valence-electron chi connectivity index (χ0n) is 17.5. The molecule has 0 bridgehead atoms. The quantitative estimate of drug-likeness (QED) is 0.497. The third-order valence-corrected chi connectivity index (χ3v) is 6.75. The number of rotatable bonds is 7. The van der Waals surface area contributed by atoms with E-state index in [1.54, 1.807) is 48.5 Å². The zero-order chi connectivity index (χ0) is 23.4. The fraction of sp³-hybridized carbons (Fsp3) is 0.167. The van der Waals surface area contributed by atoms with E-state index in [2.05, 4.69) is 15.4 Å². The van der Waals surface area contributed by atoms with Crippen molar-refractivity contribution in [3.63, 3.8) is 0 Å². The van der Waals surface area contributed by atoms with Crippen LogP contribution < -0.4 is 15.4 Å². The fourth-order valence-electron chi connectivity index (χ4n) is 3.56. The van der Waals surface area contributed by atoms with Crippen molar-refractivity contribution in [2.75, 3.05) is 5.32 Å². The van der Waals surface area contributed by atoms with Crippen molar-refractivity contribution in [2.45, 2.75) is 30.3 Å². The van der Waals surface area contributed by atoms with Crippen LogP contribution in [0.2, 0.25) is 0 Å². The minimum Gasteiger partial charge on any atom is -0.350 e. The van der Waals surface area contributed by atoms with Gasteiger partial charge in [0.25, 0.3) is 0 Å². The topological polar surface area (TPSA) is 104 Å². The summed E-state index contributed by atoms with van der Waals surface area (Å²) in [5.41, 5.74) is 2.45. The third kappa shape index (κ3) is 5.44. The number of sulfonamides is 1. The lowest BCUT2D eigenvalue weighted by molar-refractivity contribution is -0.123. The molecule has 4 rings (SSSR count). The van der Waals surface area contributed by atoms with Crippen LogP contribution in [0.5, 0.6) is 0 Å². The molecule has 1 heterocycles. The average molecular weight is 468 g/mol. The number of benzene rings is 3. The number of carbonyl (C=O) groups excluding carboxylic acids is 2. The van der Waals surface area contributed by atoms with Crippen LogP contribution in [-0.4, -0.2) is 20.2 Å². The monoisotopic (exact) mass is 467 g/mol. The van der Waals surface area contributed by atoms with Gasteiger partial charge >= 0.3 is 0 Å². The Hall–Kier alpha value is -3.56. The average Bonchev–Trinajstić information content (AvgIpc) is 2.82. The molecule has 0 spiro atoms. The van der Waals surface area contributed by atoms with Crippen molar-refractivity contribution < 1.29 is 22.4 Å². The summed E-state index contributed by atoms with van der Waals surface area (Å²) in [5.74, 6) is -1.04. The predicted molar refractivity (Wildman–Crippen MR) is 121 cm³/mol. The summed E-state index contributed by atoms with van der Waals surface area (Å²) >= 11 is 0. The summed E-state index contributed by atoms with van der Waals surface area (Å²) in [5, 5.41) is 5.43. The first-order chi connectivity index (χ1) is 15.8. The minimum absolute atomic E-state index is 0.00432. The molecule has 1 aliphatic heterocycles. The van der Waals surface area contributed by atoms with Crippen molar-refractivity contribution in [3.8, 4) is 0 Å². The smallest absolute Gasteiger partial charge is 0.243 e. The summed E-state index contributed by atoms with van der Waals surface area (Å²) < 4.78 is 41.9. The van der Waals surface area contributed by atoms with Gasteiger partial charge in [0.05, 0.1) is 4.90 Å². The number of nitrogens with one attached hydrogen (secondary N) is 3. The van der Waals surface area contributed by atoms with Gasteiger partial charge in [-0.25, -0.2) is 12.8 Å². The first-order valence-electron chi connectivity index (χ1n) is 10.3. The van der Waals surface area contributed by atoms with Crippen LogP contribution >= 0.6 is 0 Å². The van der Waals surface area contributed by atoms with E-state index in [4.69, 9.17) is 0 Å². The Morgan fingerprint density at radius 2 is 1.73 bits per heavy atom. The van der Waals surface area contributed by atoms with E-state index in [0.29, 0.717) is 23.2 Å². The number of anilines is 1. The van der Waals surface area contributed by atoms with Crippen LogP contribution in [0.1, 0.15) is 29.2 Å². The van der Waals surface area contributed by atoms with E-state index in [1.165, 1.54) is 24.3 Å². The largest absolute Gasteiger partial charge is 0.350 e. The number of hydrogen-bond acceptors (Lipinski definition) is 4. The van der Waals surface area contributed by atoms with Crippen LogP contribution in [0.25, 0.3) is 0 Å². The van der Waals surface area contributed by atoms with Crippen molar-refractivity contribution >= 4 is 27.5 Å². The predicted octanol–water partition coefficient (Wildman–Crippen LogP) is 3.05. The Balaban J connectivity index is 1.56. The summed E-state index contributed by atoms with van der Waals surface area (Å²) in [6, 6.07) is 17.5. The standard InChI is InChI=1S/C24H22FN3O4S/c25-19-9-6-16(7-10-19)15-26-24(30)23(17-4-2-1-3-5-17)28-33(31,32)20-11-12-21-18(14-20)8-13-22(29)27-21/h1-7,9-12,14,23,28H,8,13,15H2,(H,26,30)(H,27,29). The normalized spacial score (nSPS) is 14.2. The Kier molecular flexibility index (Phi) is 6.52. The highest BCUT2D eigenvalue weighted by atomic mass is 32.2. The lowest BCUT2D eigenvalue weighted by Gasteiger charge is -2.21. The van der Waals surface area contributed by atoms with Gasteiger partial charge in [-0.2, -0.15) is 4.72 Å². The summed E-state index contributed by atoms with van der Waals surface area (Å²) in [6.07, 6.45) is 0.715. The molecule has 0 saturated heterocycles. The third-order valence-electron chi connectivity index (χ3n) is 5.33. The number of halogens is 1. The van der Waals surface area contributed by atoms with Crippen LogP contribution in [0.3, 0.4) is 0 Å². The van der Waals surface area contributed by atoms with E-state index in [-0.39, 0.29) is 29.6 Å². The number of hydrogen-bond donors (Lipinski definition) is 3. The summed E-state index contributed by atoms with van der Waals surface area (Å²) in [4.78, 5) is 24.6. The van der Waals surface area contributed by atoms with Crippen molar-refractivity contribution in [2.24, 2.45) is 0 Å². The highest BCUT2D eigenvalue weighted by Gasteiger charge is 2.28. The maximum Gasteiger partial charge on any atom is 0.243 e. The van der Waals surface area contributed by atoms with Crippen LogP contribution in [0.15, 0.2) is 77.7 Å². The van der Waals surface area contributed by atoms with E-state index in [1.807, 2.05) is 0 Å².